The van der Waals surface area contributed by atoms with Gasteiger partial charge in [0, 0.05) is 18.8 Å². The van der Waals surface area contributed by atoms with E-state index in [0.29, 0.717) is 17.2 Å². The van der Waals surface area contributed by atoms with Crippen molar-refractivity contribution >= 4 is 5.69 Å². The first-order valence-corrected chi connectivity index (χ1v) is 7.92. The Morgan fingerprint density at radius 3 is 2.00 bits per heavy atom. The summed E-state index contributed by atoms with van der Waals surface area (Å²) in [5.41, 5.74) is 3.47. The van der Waals surface area contributed by atoms with Crippen molar-refractivity contribution in [3.8, 4) is 28.4 Å². The maximum absolute atomic E-state index is 5.46. The highest BCUT2D eigenvalue weighted by Crippen LogP contribution is 2.41. The van der Waals surface area contributed by atoms with Gasteiger partial charge in [0.05, 0.1) is 21.3 Å². The van der Waals surface area contributed by atoms with Crippen molar-refractivity contribution in [3.63, 3.8) is 0 Å². The lowest BCUT2D eigenvalue weighted by Crippen LogP contribution is -2.17. The van der Waals surface area contributed by atoms with Crippen LogP contribution in [0, 0.1) is 0 Å². The summed E-state index contributed by atoms with van der Waals surface area (Å²) in [6.45, 7) is 2.28. The van der Waals surface area contributed by atoms with E-state index in [-0.39, 0.29) is 0 Å². The minimum Gasteiger partial charge on any atom is -0.493 e. The van der Waals surface area contributed by atoms with E-state index >= 15 is 0 Å². The molecule has 0 unspecified atom stereocenters. The lowest BCUT2D eigenvalue weighted by atomic mass is 10.0. The maximum Gasteiger partial charge on any atom is 0.203 e. The van der Waals surface area contributed by atoms with Gasteiger partial charge in [-0.25, -0.2) is 0 Å². The lowest BCUT2D eigenvalue weighted by Gasteiger charge is -2.19. The summed E-state index contributed by atoms with van der Waals surface area (Å²) in [5, 5.41) is 0. The molecule has 23 heavy (non-hydrogen) atoms. The highest BCUT2D eigenvalue weighted by molar-refractivity contribution is 5.74. The number of nitrogens with zero attached hydrogens (tertiary/aromatic N) is 1. The molecular formula is C19H23NO3. The molecule has 0 aromatic heterocycles. The Hall–Kier alpha value is -2.36. The molecule has 4 nitrogen and oxygen atoms in total. The van der Waals surface area contributed by atoms with Crippen molar-refractivity contribution in [2.75, 3.05) is 39.3 Å². The fraction of sp³-hybridized carbons (Fsp3) is 0.368. The molecule has 0 amide bonds. The second-order valence-electron chi connectivity index (χ2n) is 5.66. The standard InChI is InChI=1S/C19H23NO3/c1-21-17-12-15(13-18(22-2)19(17)23-3)14-7-6-8-16(11-14)20-9-4-5-10-20/h6-8,11-13H,4-5,9-10H2,1-3H3. The van der Waals surface area contributed by atoms with Gasteiger partial charge in [0.1, 0.15) is 0 Å². The van der Waals surface area contributed by atoms with Crippen LogP contribution in [0.1, 0.15) is 12.8 Å². The molecular weight excluding hydrogens is 290 g/mol. The molecule has 0 atom stereocenters. The number of hydrogen-bond donors (Lipinski definition) is 0. The van der Waals surface area contributed by atoms with Crippen molar-refractivity contribution in [1.29, 1.82) is 0 Å². The van der Waals surface area contributed by atoms with Crippen LogP contribution in [0.3, 0.4) is 0 Å². The molecule has 0 saturated carbocycles. The lowest BCUT2D eigenvalue weighted by molar-refractivity contribution is 0.324. The second kappa shape index (κ2) is 6.82. The first-order chi connectivity index (χ1) is 11.3. The predicted octanol–water partition coefficient (Wildman–Crippen LogP) is 3.98. The van der Waals surface area contributed by atoms with Crippen LogP contribution in [0.5, 0.6) is 17.2 Å². The van der Waals surface area contributed by atoms with Gasteiger partial charge in [-0.05, 0) is 48.2 Å². The fourth-order valence-electron chi connectivity index (χ4n) is 3.11. The molecule has 0 radical (unpaired) electrons. The Labute approximate surface area is 137 Å². The molecule has 0 bridgehead atoms. The minimum atomic E-state index is 0.620. The Balaban J connectivity index is 2.02. The minimum absolute atomic E-state index is 0.620. The zero-order valence-corrected chi connectivity index (χ0v) is 14.0. The molecule has 0 N–H and O–H groups in total. The van der Waals surface area contributed by atoms with E-state index in [4.69, 9.17) is 14.2 Å². The van der Waals surface area contributed by atoms with E-state index in [1.165, 1.54) is 18.5 Å². The van der Waals surface area contributed by atoms with E-state index in [1.807, 2.05) is 12.1 Å². The van der Waals surface area contributed by atoms with Gasteiger partial charge < -0.3 is 19.1 Å². The molecule has 2 aromatic rings. The van der Waals surface area contributed by atoms with Crippen molar-refractivity contribution in [2.24, 2.45) is 0 Å². The second-order valence-corrected chi connectivity index (χ2v) is 5.66. The van der Waals surface area contributed by atoms with Crippen LogP contribution in [-0.2, 0) is 0 Å². The van der Waals surface area contributed by atoms with E-state index in [0.717, 1.165) is 24.2 Å². The molecule has 4 heteroatoms. The highest BCUT2D eigenvalue weighted by Gasteiger charge is 2.16. The average Bonchev–Trinajstić information content (AvgIpc) is 3.15. The van der Waals surface area contributed by atoms with Gasteiger partial charge in [-0.15, -0.1) is 0 Å². The maximum atomic E-state index is 5.46. The zero-order valence-electron chi connectivity index (χ0n) is 14.0. The van der Waals surface area contributed by atoms with E-state index in [9.17, 15) is 0 Å². The number of benzene rings is 2. The topological polar surface area (TPSA) is 30.9 Å². The third-order valence-electron chi connectivity index (χ3n) is 4.32. The molecule has 1 heterocycles. The SMILES string of the molecule is COc1cc(-c2cccc(N3CCCC3)c2)cc(OC)c1OC. The summed E-state index contributed by atoms with van der Waals surface area (Å²) in [6, 6.07) is 12.6. The summed E-state index contributed by atoms with van der Waals surface area (Å²) in [7, 11) is 4.90. The number of rotatable bonds is 5. The van der Waals surface area contributed by atoms with Crippen LogP contribution in [0.15, 0.2) is 36.4 Å². The van der Waals surface area contributed by atoms with Crippen LogP contribution in [0.25, 0.3) is 11.1 Å². The van der Waals surface area contributed by atoms with Gasteiger partial charge in [-0.1, -0.05) is 12.1 Å². The van der Waals surface area contributed by atoms with Crippen LogP contribution in [-0.4, -0.2) is 34.4 Å². The summed E-state index contributed by atoms with van der Waals surface area (Å²) in [5.74, 6) is 1.97. The van der Waals surface area contributed by atoms with Crippen LogP contribution >= 0.6 is 0 Å². The van der Waals surface area contributed by atoms with E-state index in [2.05, 4.69) is 29.2 Å². The third-order valence-corrected chi connectivity index (χ3v) is 4.32. The normalized spacial score (nSPS) is 14.0. The molecule has 1 aliphatic heterocycles. The zero-order chi connectivity index (χ0) is 16.2. The van der Waals surface area contributed by atoms with Gasteiger partial charge in [0.2, 0.25) is 5.75 Å². The van der Waals surface area contributed by atoms with E-state index in [1.54, 1.807) is 21.3 Å². The van der Waals surface area contributed by atoms with Crippen molar-refractivity contribution in [2.45, 2.75) is 12.8 Å². The molecule has 2 aromatic carbocycles. The fourth-order valence-corrected chi connectivity index (χ4v) is 3.11. The molecule has 3 rings (SSSR count). The number of anilines is 1. The highest BCUT2D eigenvalue weighted by atomic mass is 16.5. The summed E-state index contributed by atoms with van der Waals surface area (Å²) in [4.78, 5) is 2.43. The van der Waals surface area contributed by atoms with Gasteiger partial charge in [0.25, 0.3) is 0 Å². The van der Waals surface area contributed by atoms with Crippen LogP contribution in [0.4, 0.5) is 5.69 Å². The monoisotopic (exact) mass is 313 g/mol. The van der Waals surface area contributed by atoms with Gasteiger partial charge in [0.15, 0.2) is 11.5 Å². The van der Waals surface area contributed by atoms with Crippen LogP contribution < -0.4 is 19.1 Å². The predicted molar refractivity (Wildman–Crippen MR) is 93.0 cm³/mol. The first-order valence-electron chi connectivity index (χ1n) is 7.92. The largest absolute Gasteiger partial charge is 0.493 e. The van der Waals surface area contributed by atoms with Crippen molar-refractivity contribution in [1.82, 2.24) is 0 Å². The smallest absolute Gasteiger partial charge is 0.203 e. The Kier molecular flexibility index (Phi) is 4.60. The third kappa shape index (κ3) is 3.07. The summed E-state index contributed by atoms with van der Waals surface area (Å²) >= 11 is 0. The molecule has 1 saturated heterocycles. The Bertz CT molecular complexity index is 653. The Morgan fingerprint density at radius 1 is 0.783 bits per heavy atom. The van der Waals surface area contributed by atoms with Crippen molar-refractivity contribution in [3.05, 3.63) is 36.4 Å². The van der Waals surface area contributed by atoms with Gasteiger partial charge >= 0.3 is 0 Å². The van der Waals surface area contributed by atoms with E-state index < -0.39 is 0 Å². The Morgan fingerprint density at radius 2 is 1.43 bits per heavy atom. The molecule has 0 aliphatic carbocycles. The van der Waals surface area contributed by atoms with Crippen molar-refractivity contribution < 1.29 is 14.2 Å². The van der Waals surface area contributed by atoms with Gasteiger partial charge in [-0.3, -0.25) is 0 Å². The summed E-state index contributed by atoms with van der Waals surface area (Å²) in [6.07, 6.45) is 2.54. The van der Waals surface area contributed by atoms with Crippen LogP contribution in [0.2, 0.25) is 0 Å². The quantitative estimate of drug-likeness (QED) is 0.835. The number of hydrogen-bond acceptors (Lipinski definition) is 4. The number of methoxy groups -OCH3 is 3. The summed E-state index contributed by atoms with van der Waals surface area (Å²) < 4.78 is 16.3. The molecule has 122 valence electrons. The average molecular weight is 313 g/mol. The first kappa shape index (κ1) is 15.5. The van der Waals surface area contributed by atoms with Gasteiger partial charge in [-0.2, -0.15) is 0 Å². The molecule has 1 fully saturated rings. The molecule has 1 aliphatic rings. The molecule has 0 spiro atoms. The number of ether oxygens (including phenoxy) is 3.